The van der Waals surface area contributed by atoms with Crippen molar-refractivity contribution >= 4 is 62.9 Å². The lowest BCUT2D eigenvalue weighted by Crippen LogP contribution is -2.16. The summed E-state index contributed by atoms with van der Waals surface area (Å²) < 4.78 is 15.4. The molecule has 0 bridgehead atoms. The molecular weight excluding hydrogens is 811 g/mol. The number of aryl methyl sites for hydroxylation is 2. The van der Waals surface area contributed by atoms with Crippen molar-refractivity contribution in [1.29, 1.82) is 0 Å². The van der Waals surface area contributed by atoms with Crippen LogP contribution in [-0.4, -0.2) is 68.1 Å². The lowest BCUT2D eigenvalue weighted by atomic mass is 10.1. The van der Waals surface area contributed by atoms with E-state index in [2.05, 4.69) is 36.7 Å². The van der Waals surface area contributed by atoms with Crippen LogP contribution < -0.4 is 20.9 Å². The average molecular weight is 846 g/mol. The number of aliphatic hydroxyl groups excluding tert-OH is 2. The number of ether oxygens (including phenoxy) is 2. The minimum absolute atomic E-state index is 0.0621. The Morgan fingerprint density at radius 1 is 0.717 bits per heavy atom. The van der Waals surface area contributed by atoms with Gasteiger partial charge in [-0.3, -0.25) is 19.0 Å². The number of hydrogen-bond acceptors (Lipinski definition) is 12. The topological polar surface area (TPSA) is 232 Å². The van der Waals surface area contributed by atoms with E-state index >= 15 is 0 Å². The number of aliphatic hydroxyl groups is 2. The number of nitrogens with two attached hydrogens (primary N) is 2. The summed E-state index contributed by atoms with van der Waals surface area (Å²) in [6.45, 7) is 3.13. The molecule has 4 aromatic carbocycles. The van der Waals surface area contributed by atoms with Crippen LogP contribution in [0, 0.1) is 0 Å². The van der Waals surface area contributed by atoms with E-state index in [1.165, 1.54) is 18.2 Å². The van der Waals surface area contributed by atoms with Crippen molar-refractivity contribution in [3.8, 4) is 45.8 Å². The number of aromatic nitrogens is 8. The third-order valence-electron chi connectivity index (χ3n) is 9.02. The van der Waals surface area contributed by atoms with Gasteiger partial charge in [0, 0.05) is 25.2 Å². The second-order valence-electron chi connectivity index (χ2n) is 13.0. The molecule has 0 radical (unpaired) electrons. The van der Waals surface area contributed by atoms with E-state index in [1.54, 1.807) is 102 Å². The standard InChI is InChI=1S/C21H18ClN5O4.C21H16ClN5O2/c1-27-19-13(9-24-27)18(7-6-14(19)22)31-12-4-2-11(3-5-12)21-25-15(17(29)10-28)8-16(26-21)20(23)30;1-3-13-10-17(20(23)28)26-21(25-13)12-4-6-14(7-5-12)29-18-9-8-16(22)19-15(18)11-24-27(19)2/h2-9,17,28-29H,10H2,1H3,(H2,23,30);3-11H,1H2,2H3,(H2,23,28)/t17-;/m1./s1. The van der Waals surface area contributed by atoms with E-state index in [9.17, 15) is 19.8 Å². The first-order chi connectivity index (χ1) is 28.8. The summed E-state index contributed by atoms with van der Waals surface area (Å²) in [5.74, 6) is 1.59. The minimum atomic E-state index is -1.26. The van der Waals surface area contributed by atoms with Crippen LogP contribution in [0.25, 0.3) is 50.7 Å². The van der Waals surface area contributed by atoms with Gasteiger partial charge >= 0.3 is 0 Å². The molecule has 1 atom stereocenters. The molecule has 16 nitrogen and oxygen atoms in total. The van der Waals surface area contributed by atoms with Crippen molar-refractivity contribution < 1.29 is 29.3 Å². The van der Waals surface area contributed by atoms with Gasteiger partial charge in [-0.05, 0) is 91.0 Å². The number of primary amides is 2. The molecule has 2 amide bonds. The van der Waals surface area contributed by atoms with Crippen molar-refractivity contribution in [1.82, 2.24) is 39.5 Å². The van der Waals surface area contributed by atoms with Gasteiger partial charge in [0.25, 0.3) is 11.8 Å². The number of hydrogen-bond donors (Lipinski definition) is 4. The first kappa shape index (κ1) is 40.9. The maximum atomic E-state index is 11.6. The largest absolute Gasteiger partial charge is 0.457 e. The maximum Gasteiger partial charge on any atom is 0.267 e. The zero-order valence-electron chi connectivity index (χ0n) is 31.8. The molecule has 4 heterocycles. The van der Waals surface area contributed by atoms with Crippen LogP contribution >= 0.6 is 23.2 Å². The Morgan fingerprint density at radius 3 is 1.60 bits per heavy atom. The third kappa shape index (κ3) is 8.62. The van der Waals surface area contributed by atoms with Crippen LogP contribution in [-0.2, 0) is 14.1 Å². The second-order valence-corrected chi connectivity index (χ2v) is 13.9. The smallest absolute Gasteiger partial charge is 0.267 e. The number of nitrogens with zero attached hydrogens (tertiary/aromatic N) is 8. The number of carbonyl (C=O) groups excluding carboxylic acids is 2. The van der Waals surface area contributed by atoms with Crippen molar-refractivity contribution in [3.05, 3.63) is 137 Å². The van der Waals surface area contributed by atoms with Crippen LogP contribution in [0.15, 0.2) is 104 Å². The molecule has 0 saturated heterocycles. The highest BCUT2D eigenvalue weighted by molar-refractivity contribution is 6.35. The van der Waals surface area contributed by atoms with Gasteiger partial charge in [-0.15, -0.1) is 0 Å². The van der Waals surface area contributed by atoms with Crippen LogP contribution in [0.1, 0.15) is 38.5 Å². The summed E-state index contributed by atoms with van der Waals surface area (Å²) in [5.41, 5.74) is 14.2. The first-order valence-electron chi connectivity index (χ1n) is 17.9. The second kappa shape index (κ2) is 17.3. The van der Waals surface area contributed by atoms with Crippen molar-refractivity contribution in [3.63, 3.8) is 0 Å². The summed E-state index contributed by atoms with van der Waals surface area (Å²) in [4.78, 5) is 40.1. The van der Waals surface area contributed by atoms with E-state index in [4.69, 9.17) is 44.1 Å². The maximum absolute atomic E-state index is 11.6. The number of benzene rings is 4. The Morgan fingerprint density at radius 2 is 1.17 bits per heavy atom. The van der Waals surface area contributed by atoms with Gasteiger partial charge in [0.15, 0.2) is 11.6 Å². The van der Waals surface area contributed by atoms with Crippen LogP contribution in [0.5, 0.6) is 23.0 Å². The van der Waals surface area contributed by atoms with Gasteiger partial charge in [-0.25, -0.2) is 19.9 Å². The predicted octanol–water partition coefficient (Wildman–Crippen LogP) is 6.82. The molecule has 8 aromatic rings. The van der Waals surface area contributed by atoms with E-state index in [-0.39, 0.29) is 22.9 Å². The Kier molecular flexibility index (Phi) is 11.8. The zero-order valence-corrected chi connectivity index (χ0v) is 33.3. The number of amides is 2. The van der Waals surface area contributed by atoms with E-state index < -0.39 is 24.5 Å². The SMILES string of the molecule is C=Cc1cc(C(N)=O)nc(-c2ccc(Oc3ccc(Cl)c4c3cnn4C)cc2)n1.Cn1ncc2c(Oc3ccc(-c4nc(C(N)=O)cc([C@H](O)CO)n4)cc3)ccc(Cl)c21. The van der Waals surface area contributed by atoms with Crippen molar-refractivity contribution in [2.24, 2.45) is 25.6 Å². The molecule has 0 aliphatic heterocycles. The molecule has 4 aromatic heterocycles. The molecule has 0 spiro atoms. The Hall–Kier alpha value is -7.24. The molecule has 18 heteroatoms. The average Bonchev–Trinajstić information content (AvgIpc) is 3.86. The number of halogens is 2. The van der Waals surface area contributed by atoms with E-state index in [0.717, 1.165) is 21.8 Å². The fourth-order valence-corrected chi connectivity index (χ4v) is 6.60. The summed E-state index contributed by atoms with van der Waals surface area (Å²) in [6, 6.07) is 23.9. The van der Waals surface area contributed by atoms with E-state index in [1.807, 2.05) is 7.05 Å². The molecule has 0 fully saturated rings. The van der Waals surface area contributed by atoms with Gasteiger partial charge in [-0.2, -0.15) is 10.2 Å². The fourth-order valence-electron chi connectivity index (χ4n) is 6.02. The summed E-state index contributed by atoms with van der Waals surface area (Å²) in [6.07, 6.45) is 3.68. The molecule has 6 N–H and O–H groups in total. The monoisotopic (exact) mass is 844 g/mol. The fraction of sp³-hybridized carbons (Fsp3) is 0.0952. The lowest BCUT2D eigenvalue weighted by Gasteiger charge is -2.11. The molecule has 0 unspecified atom stereocenters. The summed E-state index contributed by atoms with van der Waals surface area (Å²) >= 11 is 12.5. The molecule has 60 heavy (non-hydrogen) atoms. The lowest BCUT2D eigenvalue weighted by molar-refractivity contribution is 0.0916. The van der Waals surface area contributed by atoms with Gasteiger partial charge in [0.1, 0.15) is 40.5 Å². The highest BCUT2D eigenvalue weighted by Gasteiger charge is 2.17. The van der Waals surface area contributed by atoms with Gasteiger partial charge in [0.2, 0.25) is 0 Å². The minimum Gasteiger partial charge on any atom is -0.457 e. The number of fused-ring (bicyclic) bond motifs is 2. The molecular formula is C42H34Cl2N10O6. The molecule has 302 valence electrons. The van der Waals surface area contributed by atoms with Gasteiger partial charge in [0.05, 0.1) is 62.2 Å². The quantitative estimate of drug-likeness (QED) is 0.105. The highest BCUT2D eigenvalue weighted by atomic mass is 35.5. The van der Waals surface area contributed by atoms with Crippen LogP contribution in [0.4, 0.5) is 0 Å². The van der Waals surface area contributed by atoms with Crippen LogP contribution in [0.3, 0.4) is 0 Å². The normalized spacial score (nSPS) is 11.5. The third-order valence-corrected chi connectivity index (χ3v) is 9.63. The van der Waals surface area contributed by atoms with Crippen LogP contribution in [0.2, 0.25) is 10.0 Å². The highest BCUT2D eigenvalue weighted by Crippen LogP contribution is 2.36. The predicted molar refractivity (Wildman–Crippen MR) is 226 cm³/mol. The molecule has 0 aliphatic rings. The summed E-state index contributed by atoms with van der Waals surface area (Å²) in [7, 11) is 3.62. The van der Waals surface area contributed by atoms with Crippen molar-refractivity contribution in [2.45, 2.75) is 6.10 Å². The number of carbonyl (C=O) groups is 2. The Balaban J connectivity index is 0.000000182. The Bertz CT molecular complexity index is 2920. The zero-order chi connectivity index (χ0) is 42.7. The Labute approximate surface area is 351 Å². The molecule has 0 saturated carbocycles. The van der Waals surface area contributed by atoms with Gasteiger partial charge < -0.3 is 31.2 Å². The number of rotatable bonds is 11. The first-order valence-corrected chi connectivity index (χ1v) is 18.6. The molecule has 0 aliphatic carbocycles. The summed E-state index contributed by atoms with van der Waals surface area (Å²) in [5, 5.41) is 30.3. The molecule has 8 rings (SSSR count). The van der Waals surface area contributed by atoms with E-state index in [0.29, 0.717) is 55.7 Å². The van der Waals surface area contributed by atoms with Gasteiger partial charge in [-0.1, -0.05) is 29.8 Å². The van der Waals surface area contributed by atoms with Crippen molar-refractivity contribution in [2.75, 3.05) is 6.61 Å².